The van der Waals surface area contributed by atoms with Crippen molar-refractivity contribution in [3.8, 4) is 11.5 Å². The van der Waals surface area contributed by atoms with E-state index in [9.17, 15) is 43.9 Å². The molecule has 186 valence electrons. The summed E-state index contributed by atoms with van der Waals surface area (Å²) in [7, 11) is 1.41. The number of rotatable bonds is 6. The average Bonchev–Trinajstić information content (AvgIpc) is 3.02. The van der Waals surface area contributed by atoms with Crippen LogP contribution in [0.1, 0.15) is 12.5 Å². The molecule has 0 fully saturated rings. The highest BCUT2D eigenvalue weighted by Crippen LogP contribution is 2.48. The van der Waals surface area contributed by atoms with Crippen molar-refractivity contribution in [2.24, 2.45) is 7.05 Å². The number of imidazole rings is 1. The molecule has 0 aliphatic heterocycles. The third-order valence-electron chi connectivity index (χ3n) is 4.39. The quantitative estimate of drug-likeness (QED) is 0.249. The van der Waals surface area contributed by atoms with Crippen molar-refractivity contribution < 1.29 is 43.9 Å². The third kappa shape index (κ3) is 4.78. The molecule has 34 heavy (non-hydrogen) atoms. The number of thioether (sulfide) groups is 2. The van der Waals surface area contributed by atoms with E-state index in [-0.39, 0.29) is 33.2 Å². The van der Waals surface area contributed by atoms with Crippen LogP contribution in [0.25, 0.3) is 22.6 Å². The average molecular weight is 538 g/mol. The van der Waals surface area contributed by atoms with Crippen molar-refractivity contribution in [3.63, 3.8) is 0 Å². The zero-order valence-corrected chi connectivity index (χ0v) is 18.5. The molecule has 3 heterocycles. The zero-order valence-electron chi connectivity index (χ0n) is 16.9. The molecule has 3 aromatic rings. The van der Waals surface area contributed by atoms with Gasteiger partial charge in [-0.15, -0.1) is 11.8 Å². The Balaban J connectivity index is 2.09. The Kier molecular flexibility index (Phi) is 6.80. The van der Waals surface area contributed by atoms with Gasteiger partial charge in [0.2, 0.25) is 0 Å². The van der Waals surface area contributed by atoms with Crippen LogP contribution in [-0.4, -0.2) is 42.9 Å². The maximum absolute atomic E-state index is 13.8. The number of fused-ring (bicyclic) bond motifs is 1. The lowest BCUT2D eigenvalue weighted by Crippen LogP contribution is -2.33. The Hall–Kier alpha value is -2.23. The lowest BCUT2D eigenvalue weighted by molar-refractivity contribution is -0.289. The number of nitrogens with zero attached hydrogens (tertiary/aromatic N) is 4. The van der Waals surface area contributed by atoms with E-state index in [1.807, 2.05) is 0 Å². The van der Waals surface area contributed by atoms with Crippen LogP contribution in [0.5, 0.6) is 0 Å². The largest absolute Gasteiger partial charge is 0.464 e. The maximum Gasteiger partial charge on any atom is 0.464 e. The molecule has 3 rings (SSSR count). The first-order valence-corrected chi connectivity index (χ1v) is 10.8. The van der Waals surface area contributed by atoms with Gasteiger partial charge in [-0.3, -0.25) is 4.98 Å². The summed E-state index contributed by atoms with van der Waals surface area (Å²) in [6.45, 7) is 1.62. The highest BCUT2D eigenvalue weighted by Gasteiger charge is 2.59. The molecule has 0 saturated carbocycles. The molecule has 0 amide bonds. The Labute approximate surface area is 193 Å². The number of alkyl halides is 10. The van der Waals surface area contributed by atoms with Crippen molar-refractivity contribution >= 4 is 34.6 Å². The van der Waals surface area contributed by atoms with Gasteiger partial charge < -0.3 is 4.57 Å². The molecular formula is C18H12F10N4S2. The second kappa shape index (κ2) is 8.77. The van der Waals surface area contributed by atoms with E-state index in [1.54, 1.807) is 6.92 Å². The predicted molar refractivity (Wildman–Crippen MR) is 105 cm³/mol. The van der Waals surface area contributed by atoms with E-state index in [1.165, 1.54) is 11.6 Å². The molecule has 3 aromatic heterocycles. The monoisotopic (exact) mass is 538 g/mol. The van der Waals surface area contributed by atoms with Crippen LogP contribution >= 0.6 is 23.5 Å². The summed E-state index contributed by atoms with van der Waals surface area (Å²) in [5.41, 5.74) is -1.35. The molecule has 0 aromatic carbocycles. The van der Waals surface area contributed by atoms with Gasteiger partial charge in [0.25, 0.3) is 0 Å². The minimum atomic E-state index is -5.85. The highest BCUT2D eigenvalue weighted by atomic mass is 32.2. The number of aryl methyl sites for hydroxylation is 1. The third-order valence-corrected chi connectivity index (χ3v) is 6.22. The molecule has 4 nitrogen and oxygen atoms in total. The van der Waals surface area contributed by atoms with Crippen molar-refractivity contribution in [2.45, 2.75) is 40.4 Å². The molecule has 0 N–H and O–H groups in total. The molecule has 16 heteroatoms. The van der Waals surface area contributed by atoms with Gasteiger partial charge >= 0.3 is 23.5 Å². The first kappa shape index (κ1) is 26.4. The number of hydrogen-bond donors (Lipinski definition) is 0. The van der Waals surface area contributed by atoms with Crippen LogP contribution in [0, 0.1) is 0 Å². The summed E-state index contributed by atoms with van der Waals surface area (Å²) >= 11 is 0.0781. The molecule has 0 aliphatic carbocycles. The molecule has 0 spiro atoms. The minimum absolute atomic E-state index is 0.0423. The Morgan fingerprint density at radius 3 is 2.09 bits per heavy atom. The first-order valence-electron chi connectivity index (χ1n) is 9.04. The van der Waals surface area contributed by atoms with Gasteiger partial charge in [0.15, 0.2) is 5.82 Å². The fourth-order valence-corrected chi connectivity index (χ4v) is 4.20. The van der Waals surface area contributed by atoms with Gasteiger partial charge in [-0.05, 0) is 29.6 Å². The van der Waals surface area contributed by atoms with Gasteiger partial charge in [-0.2, -0.15) is 43.9 Å². The zero-order chi connectivity index (χ0) is 25.7. The number of pyridine rings is 2. The fraction of sp³-hybridized carbons (Fsp3) is 0.389. The summed E-state index contributed by atoms with van der Waals surface area (Å²) in [5, 5.41) is -5.80. The fourth-order valence-electron chi connectivity index (χ4n) is 2.74. The molecule has 0 bridgehead atoms. The summed E-state index contributed by atoms with van der Waals surface area (Å²) in [6.07, 6.45) is -10.3. The Bertz CT molecular complexity index is 1200. The van der Waals surface area contributed by atoms with E-state index >= 15 is 0 Å². The number of aromatic nitrogens is 4. The van der Waals surface area contributed by atoms with Crippen LogP contribution in [0.3, 0.4) is 0 Å². The van der Waals surface area contributed by atoms with Crippen LogP contribution in [-0.2, 0) is 13.0 Å². The van der Waals surface area contributed by atoms with E-state index < -0.39 is 45.9 Å². The predicted octanol–water partition coefficient (Wildman–Crippen LogP) is 7.04. The SMILES string of the molecule is CCSc1cc(C(F)(F)C(F)(F)F)cnc1-c1nc2cc(SC(F)(F)C(F)(F)F)ncc2n1C. The molecule has 0 radical (unpaired) electrons. The summed E-state index contributed by atoms with van der Waals surface area (Å²) in [5.74, 6) is -4.93. The van der Waals surface area contributed by atoms with Crippen molar-refractivity contribution in [1.82, 2.24) is 19.5 Å². The molecule has 0 unspecified atom stereocenters. The second-order valence-corrected chi connectivity index (χ2v) is 9.14. The smallest absolute Gasteiger partial charge is 0.325 e. The molecule has 0 saturated heterocycles. The van der Waals surface area contributed by atoms with E-state index in [0.29, 0.717) is 12.3 Å². The van der Waals surface area contributed by atoms with Crippen molar-refractivity contribution in [3.05, 3.63) is 30.1 Å². The van der Waals surface area contributed by atoms with E-state index in [4.69, 9.17) is 0 Å². The Morgan fingerprint density at radius 1 is 0.882 bits per heavy atom. The second-order valence-electron chi connectivity index (χ2n) is 6.70. The van der Waals surface area contributed by atoms with Crippen LogP contribution < -0.4 is 0 Å². The van der Waals surface area contributed by atoms with Crippen LogP contribution in [0.2, 0.25) is 0 Å². The summed E-state index contributed by atoms with van der Waals surface area (Å²) in [6, 6.07) is 1.51. The molecular weight excluding hydrogens is 526 g/mol. The van der Waals surface area contributed by atoms with Crippen LogP contribution in [0.15, 0.2) is 34.4 Å². The van der Waals surface area contributed by atoms with Gasteiger partial charge in [0.1, 0.15) is 10.7 Å². The molecule has 0 atom stereocenters. The standard InChI is InChI=1S/C18H12F10N4S2/c1-3-33-11-4-8(15(19,20)16(21,22)23)6-30-13(11)14-31-9-5-12(29-7-10(9)32(14)2)34-18(27,28)17(24,25)26/h4-7H,3H2,1-2H3. The summed E-state index contributed by atoms with van der Waals surface area (Å²) in [4.78, 5) is 11.4. The lowest BCUT2D eigenvalue weighted by Gasteiger charge is -2.20. The lowest BCUT2D eigenvalue weighted by atomic mass is 10.1. The summed E-state index contributed by atoms with van der Waals surface area (Å²) < 4.78 is 131. The van der Waals surface area contributed by atoms with Gasteiger partial charge in [0.05, 0.1) is 17.2 Å². The van der Waals surface area contributed by atoms with Gasteiger partial charge in [-0.1, -0.05) is 6.92 Å². The van der Waals surface area contributed by atoms with E-state index in [2.05, 4.69) is 15.0 Å². The van der Waals surface area contributed by atoms with Crippen molar-refractivity contribution in [1.29, 1.82) is 0 Å². The number of halogens is 10. The van der Waals surface area contributed by atoms with Crippen molar-refractivity contribution in [2.75, 3.05) is 5.75 Å². The van der Waals surface area contributed by atoms with Gasteiger partial charge in [0, 0.05) is 23.7 Å². The Morgan fingerprint density at radius 2 is 1.53 bits per heavy atom. The molecule has 0 aliphatic rings. The minimum Gasteiger partial charge on any atom is -0.325 e. The highest BCUT2D eigenvalue weighted by molar-refractivity contribution is 8.00. The van der Waals surface area contributed by atoms with Gasteiger partial charge in [-0.25, -0.2) is 9.97 Å². The van der Waals surface area contributed by atoms with E-state index in [0.717, 1.165) is 24.0 Å². The number of hydrogen-bond acceptors (Lipinski definition) is 5. The normalized spacial score (nSPS) is 13.6. The van der Waals surface area contributed by atoms with Crippen LogP contribution in [0.4, 0.5) is 43.9 Å². The first-order chi connectivity index (χ1) is 15.5. The maximum atomic E-state index is 13.8. The topological polar surface area (TPSA) is 43.6 Å².